The monoisotopic (exact) mass is 438 g/mol. The molecule has 5 aromatic rings. The summed E-state index contributed by atoms with van der Waals surface area (Å²) < 4.78 is 150. The van der Waals surface area contributed by atoms with Crippen molar-refractivity contribution in [2.24, 2.45) is 0 Å². The zero-order chi connectivity index (χ0) is 35.7. The average Bonchev–Trinajstić information content (AvgIpc) is 3.08. The Kier molecular flexibility index (Phi) is 1.86. The first kappa shape index (κ1) is 8.60. The fourth-order valence-corrected chi connectivity index (χ4v) is 4.13. The highest BCUT2D eigenvalue weighted by Gasteiger charge is 2.40. The SMILES string of the molecule is [2H]c1c([2H])c([2H])c(-c2c([2H])c3c(c(-c4c([2H])c([2H])c([2H])c([2H])c4[2H])c2[2H])Oc2cccc4c2B3c2c([2H])c([2H])c([2H])c([2H])c2O4)c([2H])c1[2H]. The van der Waals surface area contributed by atoms with Crippen LogP contribution in [0.1, 0.15) is 21.9 Å². The van der Waals surface area contributed by atoms with E-state index in [2.05, 4.69) is 0 Å². The summed E-state index contributed by atoms with van der Waals surface area (Å²) in [6, 6.07) is -6.64. The van der Waals surface area contributed by atoms with Crippen LogP contribution in [-0.4, -0.2) is 6.71 Å². The van der Waals surface area contributed by atoms with Gasteiger partial charge in [0.2, 0.25) is 0 Å². The molecular formula is C30H19BO2. The Morgan fingerprint density at radius 3 is 2.03 bits per heavy atom. The van der Waals surface area contributed by atoms with Gasteiger partial charge >= 0.3 is 0 Å². The van der Waals surface area contributed by atoms with E-state index in [1.54, 1.807) is 0 Å². The number of hydrogen-bond donors (Lipinski definition) is 0. The van der Waals surface area contributed by atoms with Gasteiger partial charge in [0.05, 0.1) is 21.9 Å². The van der Waals surface area contributed by atoms with E-state index in [9.17, 15) is 2.74 Å². The standard InChI is InChI=1S/C30H19BO2/c1-3-10-20(11-4-1)22-18-23(21-12-5-2-6-13-21)30-25(19-22)31-24-14-7-8-15-26(24)32-27-16-9-17-28(33-30)29(27)31/h1-19H/i1D,2D,3D,4D,5D,6D,7D,8D,10D,11D,12D,13D,14D,15D,18D,19D. The lowest BCUT2D eigenvalue weighted by atomic mass is 9.34. The minimum absolute atomic E-state index is 0.0658. The predicted molar refractivity (Wildman–Crippen MR) is 135 cm³/mol. The summed E-state index contributed by atoms with van der Waals surface area (Å²) in [6.07, 6.45) is 0. The van der Waals surface area contributed by atoms with Crippen molar-refractivity contribution in [3.8, 4) is 45.3 Å². The molecular weight excluding hydrogens is 403 g/mol. The van der Waals surface area contributed by atoms with E-state index in [0.717, 1.165) is 0 Å². The molecule has 0 unspecified atom stereocenters. The van der Waals surface area contributed by atoms with Gasteiger partial charge in [-0.25, -0.2) is 0 Å². The lowest BCUT2D eigenvalue weighted by molar-refractivity contribution is 0.465. The van der Waals surface area contributed by atoms with Gasteiger partial charge in [0.1, 0.15) is 23.0 Å². The highest BCUT2D eigenvalue weighted by Crippen LogP contribution is 2.40. The first-order chi connectivity index (χ1) is 23.0. The lowest BCUT2D eigenvalue weighted by Gasteiger charge is -2.34. The summed E-state index contributed by atoms with van der Waals surface area (Å²) in [5.41, 5.74) is -2.19. The second-order valence-corrected chi connectivity index (χ2v) is 7.29. The Morgan fingerprint density at radius 2 is 1.24 bits per heavy atom. The van der Waals surface area contributed by atoms with Gasteiger partial charge in [-0.1, -0.05) is 90.7 Å². The number of hydrogen-bond acceptors (Lipinski definition) is 2. The Balaban J connectivity index is 1.75. The van der Waals surface area contributed by atoms with Crippen LogP contribution in [0, 0.1) is 0 Å². The second-order valence-electron chi connectivity index (χ2n) is 7.29. The van der Waals surface area contributed by atoms with Gasteiger partial charge in [0.25, 0.3) is 6.71 Å². The minimum Gasteiger partial charge on any atom is -0.458 e. The molecule has 0 amide bonds. The molecule has 2 aliphatic heterocycles. The van der Waals surface area contributed by atoms with E-state index in [1.807, 2.05) is 0 Å². The van der Waals surface area contributed by atoms with E-state index in [-0.39, 0.29) is 39.4 Å². The van der Waals surface area contributed by atoms with E-state index in [1.165, 1.54) is 18.2 Å². The molecule has 2 heterocycles. The fraction of sp³-hybridized carbons (Fsp3) is 0. The molecule has 2 nitrogen and oxygen atoms in total. The highest BCUT2D eigenvalue weighted by molar-refractivity contribution is 6.98. The van der Waals surface area contributed by atoms with Crippen LogP contribution in [0.4, 0.5) is 0 Å². The Bertz CT molecular complexity index is 2320. The van der Waals surface area contributed by atoms with Gasteiger partial charge < -0.3 is 9.47 Å². The molecule has 0 saturated heterocycles. The topological polar surface area (TPSA) is 18.5 Å². The van der Waals surface area contributed by atoms with Crippen molar-refractivity contribution in [3.63, 3.8) is 0 Å². The van der Waals surface area contributed by atoms with Gasteiger partial charge in [-0.05, 0) is 51.8 Å². The summed E-state index contributed by atoms with van der Waals surface area (Å²) in [7, 11) is 0. The van der Waals surface area contributed by atoms with Crippen LogP contribution in [0.15, 0.2) is 115 Å². The van der Waals surface area contributed by atoms with Gasteiger partial charge in [0, 0.05) is 11.0 Å². The van der Waals surface area contributed by atoms with Crippen molar-refractivity contribution >= 4 is 23.1 Å². The third-order valence-corrected chi connectivity index (χ3v) is 5.48. The lowest BCUT2D eigenvalue weighted by Crippen LogP contribution is -2.57. The van der Waals surface area contributed by atoms with Crippen LogP contribution in [0.25, 0.3) is 22.3 Å². The van der Waals surface area contributed by atoms with Crippen LogP contribution < -0.4 is 25.9 Å². The first-order valence-corrected chi connectivity index (χ1v) is 9.93. The molecule has 0 aliphatic carbocycles. The quantitative estimate of drug-likeness (QED) is 0.320. The van der Waals surface area contributed by atoms with Crippen molar-refractivity contribution in [1.29, 1.82) is 0 Å². The summed E-state index contributed by atoms with van der Waals surface area (Å²) in [5.74, 6) is -0.444. The molecule has 33 heavy (non-hydrogen) atoms. The molecule has 2 aliphatic rings. The van der Waals surface area contributed by atoms with Crippen LogP contribution in [0.2, 0.25) is 0 Å². The maximum atomic E-state index is 9.54. The first-order valence-electron chi connectivity index (χ1n) is 17.9. The fourth-order valence-electron chi connectivity index (χ4n) is 4.13. The summed E-state index contributed by atoms with van der Waals surface area (Å²) in [6.45, 7) is -1.31. The van der Waals surface area contributed by atoms with Crippen molar-refractivity contribution < 1.29 is 31.4 Å². The Labute approximate surface area is 215 Å². The van der Waals surface area contributed by atoms with Crippen LogP contribution >= 0.6 is 0 Å². The molecule has 154 valence electrons. The smallest absolute Gasteiger partial charge is 0.260 e. The van der Waals surface area contributed by atoms with E-state index < -0.39 is 126 Å². The summed E-state index contributed by atoms with van der Waals surface area (Å²) in [5, 5.41) is 0. The maximum Gasteiger partial charge on any atom is 0.260 e. The zero-order valence-corrected chi connectivity index (χ0v) is 16.6. The molecule has 0 spiro atoms. The normalized spacial score (nSPS) is 19.5. The molecule has 0 radical (unpaired) electrons. The highest BCUT2D eigenvalue weighted by atomic mass is 16.5. The van der Waals surface area contributed by atoms with E-state index >= 15 is 0 Å². The van der Waals surface area contributed by atoms with Crippen molar-refractivity contribution in [3.05, 3.63) is 115 Å². The summed E-state index contributed by atoms with van der Waals surface area (Å²) >= 11 is 0. The number of benzene rings is 5. The van der Waals surface area contributed by atoms with Crippen LogP contribution in [0.5, 0.6) is 23.0 Å². The Morgan fingerprint density at radius 1 is 0.576 bits per heavy atom. The van der Waals surface area contributed by atoms with E-state index in [0.29, 0.717) is 0 Å². The predicted octanol–water partition coefficient (Wildman–Crippen LogP) is 5.75. The van der Waals surface area contributed by atoms with Crippen molar-refractivity contribution in [1.82, 2.24) is 0 Å². The van der Waals surface area contributed by atoms with Crippen LogP contribution in [-0.2, 0) is 0 Å². The molecule has 0 saturated carbocycles. The van der Waals surface area contributed by atoms with Crippen molar-refractivity contribution in [2.45, 2.75) is 0 Å². The molecule has 0 fully saturated rings. The molecule has 5 aromatic carbocycles. The van der Waals surface area contributed by atoms with Gasteiger partial charge in [-0.2, -0.15) is 0 Å². The van der Waals surface area contributed by atoms with Gasteiger partial charge in [-0.15, -0.1) is 0 Å². The molecule has 7 rings (SSSR count). The number of para-hydroxylation sites is 1. The third-order valence-electron chi connectivity index (χ3n) is 5.48. The minimum atomic E-state index is -1.31. The molecule has 3 heteroatoms. The number of ether oxygens (including phenoxy) is 2. The van der Waals surface area contributed by atoms with Gasteiger partial charge in [0.15, 0.2) is 0 Å². The van der Waals surface area contributed by atoms with Gasteiger partial charge in [-0.3, -0.25) is 0 Å². The molecule has 0 bridgehead atoms. The number of fused-ring (bicyclic) bond motifs is 4. The summed E-state index contributed by atoms with van der Waals surface area (Å²) in [4.78, 5) is 0. The zero-order valence-electron chi connectivity index (χ0n) is 32.6. The maximum absolute atomic E-state index is 9.54. The second kappa shape index (κ2) is 7.14. The van der Waals surface area contributed by atoms with Crippen LogP contribution in [0.3, 0.4) is 0 Å². The van der Waals surface area contributed by atoms with E-state index in [4.69, 9.17) is 28.7 Å². The largest absolute Gasteiger partial charge is 0.458 e. The Hall–Kier alpha value is -4.24. The van der Waals surface area contributed by atoms with Crippen molar-refractivity contribution in [2.75, 3.05) is 0 Å². The number of rotatable bonds is 2. The molecule has 0 aromatic heterocycles. The third kappa shape index (κ3) is 2.83. The molecule has 0 N–H and O–H groups in total. The molecule has 0 atom stereocenters. The average molecular weight is 438 g/mol.